The summed E-state index contributed by atoms with van der Waals surface area (Å²) in [6, 6.07) is 2.79. The molecule has 3 saturated heterocycles. The normalized spacial score (nSPS) is 23.0. The van der Waals surface area contributed by atoms with Crippen molar-refractivity contribution in [2.24, 2.45) is 5.92 Å². The van der Waals surface area contributed by atoms with Crippen LogP contribution in [0.3, 0.4) is 0 Å². The van der Waals surface area contributed by atoms with E-state index in [1.807, 2.05) is 46.0 Å². The monoisotopic (exact) mass is 628 g/mol. The molecule has 11 nitrogen and oxygen atoms in total. The predicted octanol–water partition coefficient (Wildman–Crippen LogP) is 2.88. The maximum absolute atomic E-state index is 13.8. The molecular weight excluding hydrogens is 580 g/mol. The van der Waals surface area contributed by atoms with Crippen LogP contribution in [0, 0.1) is 19.8 Å². The lowest BCUT2D eigenvalue weighted by Crippen LogP contribution is -2.75. The average molecular weight is 629 g/mol. The fourth-order valence-corrected chi connectivity index (χ4v) is 9.30. The predicted molar refractivity (Wildman–Crippen MR) is 167 cm³/mol. The summed E-state index contributed by atoms with van der Waals surface area (Å²) in [5, 5.41) is 20.8. The molecule has 1 aromatic heterocycles. The maximum Gasteiger partial charge on any atom is 0.248 e. The summed E-state index contributed by atoms with van der Waals surface area (Å²) < 4.78 is 28.7. The van der Waals surface area contributed by atoms with E-state index < -0.39 is 27.7 Å². The molecule has 3 aliphatic heterocycles. The van der Waals surface area contributed by atoms with Gasteiger partial charge in [0, 0.05) is 44.5 Å². The Bertz CT molecular complexity index is 1420. The first-order chi connectivity index (χ1) is 20.9. The Morgan fingerprint density at radius 3 is 2.23 bits per heavy atom. The number of aliphatic hydroxyl groups is 1. The number of aromatic nitrogens is 2. The molecule has 4 heterocycles. The highest BCUT2D eigenvalue weighted by atomic mass is 32.2. The van der Waals surface area contributed by atoms with Gasteiger partial charge in [0.1, 0.15) is 11.6 Å². The average Bonchev–Trinajstić information content (AvgIpc) is 3.71. The molecule has 2 amide bonds. The summed E-state index contributed by atoms with van der Waals surface area (Å²) in [4.78, 5) is 32.0. The summed E-state index contributed by atoms with van der Waals surface area (Å²) in [6.45, 7) is 12.1. The van der Waals surface area contributed by atoms with Gasteiger partial charge in [0.15, 0.2) is 0 Å². The number of carbonyl (C=O) groups is 2. The largest absolute Gasteiger partial charge is 0.390 e. The number of carbonyl (C=O) groups excluding carboxylic acids is 2. The molecule has 3 atom stereocenters. The first kappa shape index (κ1) is 32.6. The smallest absolute Gasteiger partial charge is 0.248 e. The van der Waals surface area contributed by atoms with Crippen molar-refractivity contribution in [3.8, 4) is 0 Å². The van der Waals surface area contributed by atoms with E-state index in [0.29, 0.717) is 61.6 Å². The highest BCUT2D eigenvalue weighted by molar-refractivity contribution is 7.89. The zero-order valence-electron chi connectivity index (χ0n) is 26.7. The van der Waals surface area contributed by atoms with E-state index in [2.05, 4.69) is 27.3 Å². The quantitative estimate of drug-likeness (QED) is 0.368. The Morgan fingerprint density at radius 2 is 1.68 bits per heavy atom. The second-order valence-corrected chi connectivity index (χ2v) is 15.0. The summed E-state index contributed by atoms with van der Waals surface area (Å²) in [5.74, 6) is -0.576. The Kier molecular flexibility index (Phi) is 9.55. The number of hydrogen-bond acceptors (Lipinski definition) is 7. The van der Waals surface area contributed by atoms with Crippen LogP contribution in [-0.4, -0.2) is 100 Å². The van der Waals surface area contributed by atoms with Gasteiger partial charge in [0.2, 0.25) is 21.8 Å². The molecule has 2 aromatic rings. The number of piperidine rings is 1. The van der Waals surface area contributed by atoms with Crippen molar-refractivity contribution in [3.05, 3.63) is 46.8 Å². The Morgan fingerprint density at radius 1 is 1.05 bits per heavy atom. The Labute approximate surface area is 261 Å². The Hall–Kier alpha value is -2.80. The summed E-state index contributed by atoms with van der Waals surface area (Å²) in [5.41, 5.74) is 2.36. The minimum Gasteiger partial charge on any atom is -0.390 e. The minimum atomic E-state index is -3.58. The molecule has 0 bridgehead atoms. The van der Waals surface area contributed by atoms with Crippen LogP contribution in [-0.2, 0) is 19.6 Å². The molecule has 44 heavy (non-hydrogen) atoms. The van der Waals surface area contributed by atoms with Crippen molar-refractivity contribution in [1.82, 2.24) is 29.6 Å². The van der Waals surface area contributed by atoms with Crippen LogP contribution in [0.2, 0.25) is 0 Å². The number of benzene rings is 1. The number of aliphatic hydroxyl groups excluding tert-OH is 1. The summed E-state index contributed by atoms with van der Waals surface area (Å²) >= 11 is 0. The summed E-state index contributed by atoms with van der Waals surface area (Å²) in [7, 11) is -3.58. The lowest BCUT2D eigenvalue weighted by atomic mass is 9.79. The number of unbranched alkanes of at least 4 members (excludes halogenated alkanes) is 1. The number of aryl methyl sites for hydroxylation is 2. The van der Waals surface area contributed by atoms with Gasteiger partial charge in [-0.15, -0.1) is 0 Å². The molecule has 0 aliphatic carbocycles. The highest BCUT2D eigenvalue weighted by Gasteiger charge is 2.55. The lowest BCUT2D eigenvalue weighted by Gasteiger charge is -2.53. The number of piperazine rings is 1. The van der Waals surface area contributed by atoms with Crippen LogP contribution in [0.4, 0.5) is 0 Å². The molecule has 5 rings (SSSR count). The van der Waals surface area contributed by atoms with Crippen molar-refractivity contribution in [1.29, 1.82) is 0 Å². The van der Waals surface area contributed by atoms with Crippen LogP contribution in [0.5, 0.6) is 0 Å². The van der Waals surface area contributed by atoms with Crippen LogP contribution < -0.4 is 5.32 Å². The number of nitrogens with zero attached hydrogens (tertiary/aromatic N) is 4. The van der Waals surface area contributed by atoms with Gasteiger partial charge in [-0.1, -0.05) is 39.3 Å². The third-order valence-electron chi connectivity index (χ3n) is 9.80. The maximum atomic E-state index is 13.8. The van der Waals surface area contributed by atoms with Gasteiger partial charge in [0.25, 0.3) is 0 Å². The van der Waals surface area contributed by atoms with Gasteiger partial charge in [-0.3, -0.25) is 19.6 Å². The number of sulfonamides is 1. The fourth-order valence-electron chi connectivity index (χ4n) is 7.38. The summed E-state index contributed by atoms with van der Waals surface area (Å²) in [6.07, 6.45) is 7.02. The first-order valence-corrected chi connectivity index (χ1v) is 17.5. The van der Waals surface area contributed by atoms with Crippen molar-refractivity contribution in [3.63, 3.8) is 0 Å². The van der Waals surface area contributed by atoms with Crippen LogP contribution in [0.15, 0.2) is 29.4 Å². The van der Waals surface area contributed by atoms with Gasteiger partial charge in [-0.2, -0.15) is 9.40 Å². The van der Waals surface area contributed by atoms with E-state index in [1.165, 1.54) is 0 Å². The van der Waals surface area contributed by atoms with E-state index in [1.54, 1.807) is 15.4 Å². The zero-order valence-corrected chi connectivity index (χ0v) is 27.5. The van der Waals surface area contributed by atoms with Crippen molar-refractivity contribution < 1.29 is 23.1 Å². The van der Waals surface area contributed by atoms with Gasteiger partial charge in [-0.25, -0.2) is 8.42 Å². The molecule has 3 aliphatic rings. The van der Waals surface area contributed by atoms with Crippen molar-refractivity contribution in [2.45, 2.75) is 102 Å². The molecule has 12 heteroatoms. The number of amides is 2. The van der Waals surface area contributed by atoms with E-state index in [9.17, 15) is 23.1 Å². The van der Waals surface area contributed by atoms with Gasteiger partial charge in [-0.05, 0) is 68.6 Å². The van der Waals surface area contributed by atoms with Crippen LogP contribution in [0.1, 0.15) is 87.6 Å². The van der Waals surface area contributed by atoms with Crippen LogP contribution >= 0.6 is 0 Å². The van der Waals surface area contributed by atoms with Crippen LogP contribution in [0.25, 0.3) is 0 Å². The van der Waals surface area contributed by atoms with Gasteiger partial charge < -0.3 is 15.3 Å². The highest BCUT2D eigenvalue weighted by Crippen LogP contribution is 2.40. The number of rotatable bonds is 10. The second-order valence-electron chi connectivity index (χ2n) is 13.1. The van der Waals surface area contributed by atoms with E-state index in [4.69, 9.17) is 0 Å². The number of H-pyrrole nitrogens is 1. The number of nitrogens with one attached hydrogen (secondary N) is 2. The van der Waals surface area contributed by atoms with Crippen molar-refractivity contribution >= 4 is 21.8 Å². The molecular formula is C32H48N6O5S. The number of likely N-dealkylation sites (tertiary alicyclic amines) is 1. The third kappa shape index (κ3) is 5.81. The third-order valence-corrected chi connectivity index (χ3v) is 12.0. The molecule has 1 spiro atoms. The van der Waals surface area contributed by atoms with Gasteiger partial charge in [0.05, 0.1) is 23.2 Å². The van der Waals surface area contributed by atoms with Gasteiger partial charge >= 0.3 is 0 Å². The molecule has 0 radical (unpaired) electrons. The van der Waals surface area contributed by atoms with E-state index in [-0.39, 0.29) is 23.8 Å². The molecule has 242 valence electrons. The lowest BCUT2D eigenvalue weighted by molar-refractivity contribution is -0.165. The number of hydrogen-bond donors (Lipinski definition) is 3. The fraction of sp³-hybridized carbons (Fsp3) is 0.656. The van der Waals surface area contributed by atoms with E-state index in [0.717, 1.165) is 36.8 Å². The molecule has 3 fully saturated rings. The van der Waals surface area contributed by atoms with Crippen molar-refractivity contribution in [2.75, 3.05) is 32.7 Å². The minimum absolute atomic E-state index is 0.174. The molecule has 3 N–H and O–H groups in total. The zero-order chi connectivity index (χ0) is 31.8. The molecule has 1 unspecified atom stereocenters. The first-order valence-electron chi connectivity index (χ1n) is 16.1. The molecule has 1 aromatic carbocycles. The van der Waals surface area contributed by atoms with E-state index >= 15 is 0 Å². The molecule has 0 saturated carbocycles. The number of aromatic amines is 1. The SMILES string of the molecule is CCCCN1C(=O)[C@@H]([C@H](O)C(C)C)NC(=O)C12CCN(C(c1cn[nH]c1)c1cc(C)c(S(=O)(=O)N3CCCC3)c(C)c1)CC2. The topological polar surface area (TPSA) is 139 Å². The standard InChI is InChI=1S/C32H48N6O5S/c1-6-7-14-38-30(40)26(28(39)21(2)3)35-31(41)32(38)10-15-36(16-11-32)27(25-19-33-34-20-25)24-17-22(4)29(23(5)18-24)44(42,43)37-12-8-9-13-37/h17-21,26-28,39H,6-16H2,1-5H3,(H,33,34)(H,35,41)/t26-,27?,28-/m1/s1. The Balaban J connectivity index is 1.44. The second kappa shape index (κ2) is 12.9.